The second kappa shape index (κ2) is 5.72. The Balaban J connectivity index is 1.70. The third-order valence-corrected chi connectivity index (χ3v) is 4.22. The highest BCUT2D eigenvalue weighted by molar-refractivity contribution is 8.13. The number of aromatic amines is 1. The van der Waals surface area contributed by atoms with Gasteiger partial charge in [0.1, 0.15) is 5.75 Å². The summed E-state index contributed by atoms with van der Waals surface area (Å²) in [5.41, 5.74) is 6.73. The highest BCUT2D eigenvalue weighted by atomic mass is 32.2. The van der Waals surface area contributed by atoms with Gasteiger partial charge in [-0.3, -0.25) is 4.99 Å². The van der Waals surface area contributed by atoms with Gasteiger partial charge in [-0.25, -0.2) is 0 Å². The number of rotatable bonds is 4. The van der Waals surface area contributed by atoms with Crippen LogP contribution in [0.2, 0.25) is 0 Å². The van der Waals surface area contributed by atoms with Gasteiger partial charge in [0, 0.05) is 5.75 Å². The molecule has 0 fully saturated rings. The first-order valence-electron chi connectivity index (χ1n) is 6.59. The van der Waals surface area contributed by atoms with Crippen molar-refractivity contribution in [1.82, 2.24) is 20.6 Å². The number of thioether (sulfide) groups is 1. The van der Waals surface area contributed by atoms with Crippen molar-refractivity contribution in [3.05, 3.63) is 35.7 Å². The van der Waals surface area contributed by atoms with Crippen LogP contribution in [-0.2, 0) is 12.1 Å². The van der Waals surface area contributed by atoms with E-state index in [2.05, 4.69) is 32.5 Å². The lowest BCUT2D eigenvalue weighted by Gasteiger charge is -2.29. The molecule has 3 N–H and O–H groups in total. The first kappa shape index (κ1) is 13.9. The summed E-state index contributed by atoms with van der Waals surface area (Å²) < 4.78 is 5.60. The van der Waals surface area contributed by atoms with Crippen molar-refractivity contribution in [2.45, 2.75) is 25.5 Å². The van der Waals surface area contributed by atoms with E-state index in [0.29, 0.717) is 11.0 Å². The molecule has 0 aliphatic carbocycles. The second-order valence-electron chi connectivity index (χ2n) is 4.96. The Hall–Kier alpha value is -2.09. The molecule has 0 radical (unpaired) electrons. The van der Waals surface area contributed by atoms with Crippen LogP contribution >= 0.6 is 11.8 Å². The smallest absolute Gasteiger partial charge is 0.211 e. The molecule has 7 nitrogen and oxygen atoms in total. The average Bonchev–Trinajstić information content (AvgIpc) is 2.99. The maximum absolute atomic E-state index is 5.84. The topological polar surface area (TPSA) is 102 Å². The van der Waals surface area contributed by atoms with Crippen LogP contribution in [0.5, 0.6) is 5.75 Å². The van der Waals surface area contributed by atoms with Gasteiger partial charge < -0.3 is 10.5 Å². The van der Waals surface area contributed by atoms with Crippen LogP contribution in [0.4, 0.5) is 0 Å². The third kappa shape index (κ3) is 3.15. The number of nitrogens with two attached hydrogens (primary N) is 1. The molecule has 8 heteroatoms. The molecule has 3 rings (SSSR count). The lowest BCUT2D eigenvalue weighted by atomic mass is 9.90. The quantitative estimate of drug-likeness (QED) is 0.886. The zero-order chi connectivity index (χ0) is 14.7. The number of ether oxygens (including phenoxy) is 1. The Morgan fingerprint density at radius 2 is 2.19 bits per heavy atom. The number of benzene rings is 1. The standard InChI is InChI=1S/C13H16N6OS/c1-13(6-7-21-12(14)15-13)9-2-4-10(5-3-9)20-8-11-16-18-19-17-11/h2-5H,6-8H2,1H3,(H2,14,15)(H,16,17,18,19). The molecule has 1 aromatic heterocycles. The monoisotopic (exact) mass is 304 g/mol. The molecule has 0 bridgehead atoms. The molecule has 1 aliphatic heterocycles. The normalized spacial score (nSPS) is 21.9. The molecule has 0 amide bonds. The van der Waals surface area contributed by atoms with Gasteiger partial charge >= 0.3 is 0 Å². The van der Waals surface area contributed by atoms with Crippen molar-refractivity contribution < 1.29 is 4.74 Å². The molecule has 110 valence electrons. The molecule has 2 heterocycles. The molecular weight excluding hydrogens is 288 g/mol. The lowest BCUT2D eigenvalue weighted by Crippen LogP contribution is -2.28. The summed E-state index contributed by atoms with van der Waals surface area (Å²) in [7, 11) is 0. The van der Waals surface area contributed by atoms with Crippen LogP contribution in [0.15, 0.2) is 29.3 Å². The first-order chi connectivity index (χ1) is 10.2. The van der Waals surface area contributed by atoms with Gasteiger partial charge in [0.15, 0.2) is 11.8 Å². The molecule has 1 aliphatic rings. The van der Waals surface area contributed by atoms with Crippen molar-refractivity contribution in [2.24, 2.45) is 10.7 Å². The van der Waals surface area contributed by atoms with Crippen LogP contribution in [0.25, 0.3) is 0 Å². The van der Waals surface area contributed by atoms with Crippen molar-refractivity contribution in [1.29, 1.82) is 0 Å². The Bertz CT molecular complexity index is 627. The average molecular weight is 304 g/mol. The van der Waals surface area contributed by atoms with Crippen LogP contribution in [-0.4, -0.2) is 31.5 Å². The van der Waals surface area contributed by atoms with Crippen molar-refractivity contribution >= 4 is 16.9 Å². The summed E-state index contributed by atoms with van der Waals surface area (Å²) in [6.45, 7) is 2.39. The second-order valence-corrected chi connectivity index (χ2v) is 6.08. The zero-order valence-corrected chi connectivity index (χ0v) is 12.4. The Morgan fingerprint density at radius 3 is 2.86 bits per heavy atom. The number of nitrogens with one attached hydrogen (secondary N) is 1. The third-order valence-electron chi connectivity index (χ3n) is 3.43. The highest BCUT2D eigenvalue weighted by Crippen LogP contribution is 2.35. The zero-order valence-electron chi connectivity index (χ0n) is 11.6. The minimum atomic E-state index is -0.248. The number of amidine groups is 1. The Morgan fingerprint density at radius 1 is 1.38 bits per heavy atom. The van der Waals surface area contributed by atoms with Gasteiger partial charge in [0.05, 0.1) is 5.54 Å². The van der Waals surface area contributed by atoms with Gasteiger partial charge in [-0.2, -0.15) is 5.21 Å². The summed E-state index contributed by atoms with van der Waals surface area (Å²) in [6.07, 6.45) is 0.974. The number of hydrogen-bond donors (Lipinski definition) is 2. The number of H-pyrrole nitrogens is 1. The maximum Gasteiger partial charge on any atom is 0.211 e. The SMILES string of the molecule is CC1(c2ccc(OCc3nn[nH]n3)cc2)CCSC(N)=N1. The predicted octanol–water partition coefficient (Wildman–Crippen LogP) is 1.45. The maximum atomic E-state index is 5.84. The van der Waals surface area contributed by atoms with E-state index >= 15 is 0 Å². The summed E-state index contributed by atoms with van der Waals surface area (Å²) >= 11 is 1.61. The largest absolute Gasteiger partial charge is 0.485 e. The van der Waals surface area contributed by atoms with Crippen molar-refractivity contribution in [3.8, 4) is 5.75 Å². The molecular formula is C13H16N6OS. The van der Waals surface area contributed by atoms with Crippen LogP contribution in [0, 0.1) is 0 Å². The predicted molar refractivity (Wildman–Crippen MR) is 81.0 cm³/mol. The van der Waals surface area contributed by atoms with Crippen LogP contribution in [0.1, 0.15) is 24.7 Å². The van der Waals surface area contributed by atoms with E-state index in [1.807, 2.05) is 24.3 Å². The van der Waals surface area contributed by atoms with Gasteiger partial charge in [-0.15, -0.1) is 10.2 Å². The molecule has 1 aromatic carbocycles. The number of aliphatic imine (C=N–C) groups is 1. The molecule has 2 aromatic rings. The van der Waals surface area contributed by atoms with Gasteiger partial charge in [-0.05, 0) is 31.0 Å². The van der Waals surface area contributed by atoms with E-state index in [1.165, 1.54) is 0 Å². The Labute approximate surface area is 126 Å². The minimum Gasteiger partial charge on any atom is -0.485 e. The van der Waals surface area contributed by atoms with E-state index in [-0.39, 0.29) is 12.1 Å². The summed E-state index contributed by atoms with van der Waals surface area (Å²) in [4.78, 5) is 4.58. The molecule has 0 spiro atoms. The van der Waals surface area contributed by atoms with Crippen LogP contribution in [0.3, 0.4) is 0 Å². The van der Waals surface area contributed by atoms with Crippen molar-refractivity contribution in [2.75, 3.05) is 5.75 Å². The lowest BCUT2D eigenvalue weighted by molar-refractivity contribution is 0.295. The van der Waals surface area contributed by atoms with Crippen LogP contribution < -0.4 is 10.5 Å². The summed E-state index contributed by atoms with van der Waals surface area (Å²) in [5, 5.41) is 14.2. The number of tetrazole rings is 1. The van der Waals surface area contributed by atoms with E-state index in [1.54, 1.807) is 11.8 Å². The number of nitrogens with zero attached hydrogens (tertiary/aromatic N) is 4. The van der Waals surface area contributed by atoms with E-state index in [4.69, 9.17) is 10.5 Å². The Kier molecular flexibility index (Phi) is 3.78. The summed E-state index contributed by atoms with van der Waals surface area (Å²) in [6, 6.07) is 7.90. The molecule has 1 unspecified atom stereocenters. The van der Waals surface area contributed by atoms with Gasteiger partial charge in [-0.1, -0.05) is 29.1 Å². The number of hydrogen-bond acceptors (Lipinski definition) is 7. The van der Waals surface area contributed by atoms with Gasteiger partial charge in [0.2, 0.25) is 5.82 Å². The fourth-order valence-electron chi connectivity index (χ4n) is 2.20. The molecule has 0 saturated carbocycles. The fourth-order valence-corrected chi connectivity index (χ4v) is 3.17. The molecule has 1 atom stereocenters. The minimum absolute atomic E-state index is 0.248. The van der Waals surface area contributed by atoms with Gasteiger partial charge in [0.25, 0.3) is 0 Å². The highest BCUT2D eigenvalue weighted by Gasteiger charge is 2.29. The molecule has 0 saturated heterocycles. The summed E-state index contributed by atoms with van der Waals surface area (Å²) in [5.74, 6) is 2.27. The van der Waals surface area contributed by atoms with Crippen molar-refractivity contribution in [3.63, 3.8) is 0 Å². The van der Waals surface area contributed by atoms with E-state index in [9.17, 15) is 0 Å². The first-order valence-corrected chi connectivity index (χ1v) is 7.58. The molecule has 21 heavy (non-hydrogen) atoms. The number of aromatic nitrogens is 4. The van der Waals surface area contributed by atoms with E-state index < -0.39 is 0 Å². The fraction of sp³-hybridized carbons (Fsp3) is 0.385. The van der Waals surface area contributed by atoms with E-state index in [0.717, 1.165) is 23.5 Å².